The van der Waals surface area contributed by atoms with Gasteiger partial charge in [0.05, 0.1) is 57.5 Å². The van der Waals surface area contributed by atoms with E-state index in [4.69, 9.17) is 23.7 Å². The van der Waals surface area contributed by atoms with Crippen molar-refractivity contribution in [3.05, 3.63) is 30.6 Å². The Morgan fingerprint density at radius 1 is 1.07 bits per heavy atom. The maximum atomic E-state index is 10.9. The summed E-state index contributed by atoms with van der Waals surface area (Å²) >= 11 is 0. The van der Waals surface area contributed by atoms with E-state index >= 15 is 0 Å². The van der Waals surface area contributed by atoms with Crippen molar-refractivity contribution >= 4 is 29.3 Å². The minimum absolute atomic E-state index is 0.00385. The van der Waals surface area contributed by atoms with Gasteiger partial charge >= 0.3 is 0 Å². The van der Waals surface area contributed by atoms with E-state index in [1.165, 1.54) is 0 Å². The molecule has 2 aromatic heterocycles. The van der Waals surface area contributed by atoms with Crippen LogP contribution in [0.25, 0.3) is 22.2 Å². The van der Waals surface area contributed by atoms with Crippen LogP contribution in [0.15, 0.2) is 30.6 Å². The molecule has 11 nitrogen and oxygen atoms in total. The van der Waals surface area contributed by atoms with Gasteiger partial charge in [-0.1, -0.05) is 20.8 Å². The van der Waals surface area contributed by atoms with E-state index in [0.29, 0.717) is 26.4 Å². The third-order valence-corrected chi connectivity index (χ3v) is 12.5. The summed E-state index contributed by atoms with van der Waals surface area (Å²) in [6.45, 7) is 13.9. The van der Waals surface area contributed by atoms with Crippen LogP contribution in [0.3, 0.4) is 0 Å². The summed E-state index contributed by atoms with van der Waals surface area (Å²) in [5.74, 6) is 0.861. The van der Waals surface area contributed by atoms with Gasteiger partial charge in [0.1, 0.15) is 11.4 Å². The second-order valence-corrected chi connectivity index (χ2v) is 18.3. The Morgan fingerprint density at radius 3 is 2.49 bits per heavy atom. The van der Waals surface area contributed by atoms with E-state index in [1.54, 1.807) is 0 Å². The molecule has 3 aromatic rings. The van der Waals surface area contributed by atoms with Crippen LogP contribution in [-0.2, 0) is 35.1 Å². The second-order valence-electron chi connectivity index (χ2n) is 11.9. The van der Waals surface area contributed by atoms with Gasteiger partial charge in [-0.05, 0) is 55.6 Å². The molecule has 228 valence electrons. The van der Waals surface area contributed by atoms with E-state index in [9.17, 15) is 8.42 Å². The fourth-order valence-electron chi connectivity index (χ4n) is 4.31. The summed E-state index contributed by atoms with van der Waals surface area (Å²) in [4.78, 5) is 0. The third kappa shape index (κ3) is 8.61. The molecule has 1 aromatic carbocycles. The number of ether oxygens (including phenoxy) is 3. The molecule has 0 amide bonds. The standard InChI is InChI=1S/C28H44N4O7SSi/c1-28(2,3)41(5,6)39-23-10-11-25-24(19-23)27(30-32(25)26-9-7-8-13-37-26)22-20-29-31(21-22)12-14-35-15-16-36-17-18-38-40(4,33)34/h10-11,19-21,26H,7-9,12-18H2,1-6H3. The number of fused-ring (bicyclic) bond motifs is 1. The molecule has 1 atom stereocenters. The first-order chi connectivity index (χ1) is 19.3. The Balaban J connectivity index is 1.44. The van der Waals surface area contributed by atoms with Gasteiger partial charge in [0, 0.05) is 23.8 Å². The van der Waals surface area contributed by atoms with E-state index in [1.807, 2.05) is 21.8 Å². The Bertz CT molecular complexity index is 1390. The zero-order chi connectivity index (χ0) is 29.7. The van der Waals surface area contributed by atoms with Crippen LogP contribution in [0.5, 0.6) is 5.75 Å². The van der Waals surface area contributed by atoms with Gasteiger partial charge in [-0.2, -0.15) is 18.6 Å². The van der Waals surface area contributed by atoms with Crippen molar-refractivity contribution in [2.24, 2.45) is 0 Å². The van der Waals surface area contributed by atoms with Crippen molar-refractivity contribution in [2.75, 3.05) is 45.9 Å². The predicted octanol–water partition coefficient (Wildman–Crippen LogP) is 4.99. The molecule has 1 fully saturated rings. The van der Waals surface area contributed by atoms with Crippen LogP contribution in [0.1, 0.15) is 46.3 Å². The van der Waals surface area contributed by atoms with Crippen molar-refractivity contribution in [1.29, 1.82) is 0 Å². The number of nitrogens with zero attached hydrogens (tertiary/aromatic N) is 4. The molecule has 0 aliphatic carbocycles. The highest BCUT2D eigenvalue weighted by Crippen LogP contribution is 2.39. The first kappa shape index (κ1) is 31.6. The lowest BCUT2D eigenvalue weighted by atomic mass is 10.1. The van der Waals surface area contributed by atoms with Gasteiger partial charge in [-0.25, -0.2) is 4.68 Å². The molecule has 1 aliphatic heterocycles. The van der Waals surface area contributed by atoms with Gasteiger partial charge < -0.3 is 18.6 Å². The molecule has 0 N–H and O–H groups in total. The first-order valence-electron chi connectivity index (χ1n) is 14.2. The van der Waals surface area contributed by atoms with Crippen LogP contribution in [0.2, 0.25) is 18.1 Å². The third-order valence-electron chi connectivity index (χ3n) is 7.55. The molecule has 1 saturated heterocycles. The second kappa shape index (κ2) is 13.3. The molecule has 0 saturated carbocycles. The SMILES string of the molecule is CC(C)(C)[Si](C)(C)Oc1ccc2c(c1)c(-c1cnn(CCOCCOCCOS(C)(=O)=O)c1)nn2C1CCCCO1. The number of aromatic nitrogens is 4. The minimum Gasteiger partial charge on any atom is -0.543 e. The zero-order valence-electron chi connectivity index (χ0n) is 25.1. The summed E-state index contributed by atoms with van der Waals surface area (Å²) in [5.41, 5.74) is 2.79. The average Bonchev–Trinajstić information content (AvgIpc) is 3.51. The van der Waals surface area contributed by atoms with Crippen LogP contribution >= 0.6 is 0 Å². The summed E-state index contributed by atoms with van der Waals surface area (Å²) in [6.07, 6.45) is 7.87. The molecule has 0 bridgehead atoms. The normalized spacial score (nSPS) is 16.9. The minimum atomic E-state index is -3.44. The summed E-state index contributed by atoms with van der Waals surface area (Å²) in [5, 5.41) is 10.7. The Kier molecular flexibility index (Phi) is 10.3. The van der Waals surface area contributed by atoms with Gasteiger partial charge in [-0.3, -0.25) is 8.86 Å². The quantitative estimate of drug-likeness (QED) is 0.142. The van der Waals surface area contributed by atoms with Crippen LogP contribution in [-0.4, -0.2) is 82.2 Å². The fourth-order valence-corrected chi connectivity index (χ4v) is 5.71. The summed E-state index contributed by atoms with van der Waals surface area (Å²) < 4.78 is 54.1. The van der Waals surface area contributed by atoms with Crippen LogP contribution in [0.4, 0.5) is 0 Å². The number of hydrogen-bond donors (Lipinski definition) is 0. The van der Waals surface area contributed by atoms with Crippen molar-refractivity contribution in [3.63, 3.8) is 0 Å². The van der Waals surface area contributed by atoms with Gasteiger partial charge in [0.15, 0.2) is 6.23 Å². The van der Waals surface area contributed by atoms with E-state index in [0.717, 1.165) is 60.0 Å². The number of rotatable bonds is 14. The monoisotopic (exact) mass is 608 g/mol. The molecule has 3 heterocycles. The smallest absolute Gasteiger partial charge is 0.264 e. The van der Waals surface area contributed by atoms with Crippen molar-refractivity contribution < 1.29 is 31.2 Å². The molecule has 0 spiro atoms. The first-order valence-corrected chi connectivity index (χ1v) is 18.9. The molecule has 1 unspecified atom stereocenters. The Labute approximate surface area is 244 Å². The van der Waals surface area contributed by atoms with Crippen molar-refractivity contribution in [1.82, 2.24) is 19.6 Å². The maximum Gasteiger partial charge on any atom is 0.264 e. The molecule has 0 radical (unpaired) electrons. The lowest BCUT2D eigenvalue weighted by molar-refractivity contribution is -0.0365. The summed E-state index contributed by atoms with van der Waals surface area (Å²) in [6, 6.07) is 6.26. The summed E-state index contributed by atoms with van der Waals surface area (Å²) in [7, 11) is -5.46. The molecular formula is C28H44N4O7SSi. The highest BCUT2D eigenvalue weighted by atomic mass is 32.2. The number of benzene rings is 1. The van der Waals surface area contributed by atoms with Crippen LogP contribution in [0, 0.1) is 0 Å². The maximum absolute atomic E-state index is 10.9. The van der Waals surface area contributed by atoms with Gasteiger partial charge in [0.25, 0.3) is 10.1 Å². The van der Waals surface area contributed by atoms with Crippen molar-refractivity contribution in [3.8, 4) is 17.0 Å². The molecule has 4 rings (SSSR count). The van der Waals surface area contributed by atoms with E-state index < -0.39 is 18.4 Å². The fraction of sp³-hybridized carbons (Fsp3) is 0.643. The van der Waals surface area contributed by atoms with Crippen LogP contribution < -0.4 is 4.43 Å². The highest BCUT2D eigenvalue weighted by Gasteiger charge is 2.39. The van der Waals surface area contributed by atoms with Gasteiger partial charge in [-0.15, -0.1) is 0 Å². The lowest BCUT2D eigenvalue weighted by Gasteiger charge is -2.36. The Morgan fingerprint density at radius 2 is 1.80 bits per heavy atom. The average molecular weight is 609 g/mol. The van der Waals surface area contributed by atoms with Crippen molar-refractivity contribution in [2.45, 2.75) is 70.9 Å². The predicted molar refractivity (Wildman–Crippen MR) is 160 cm³/mol. The van der Waals surface area contributed by atoms with E-state index in [-0.39, 0.29) is 24.5 Å². The number of hydrogen-bond acceptors (Lipinski definition) is 9. The highest BCUT2D eigenvalue weighted by molar-refractivity contribution is 7.85. The molecule has 41 heavy (non-hydrogen) atoms. The topological polar surface area (TPSA) is 116 Å². The molecule has 1 aliphatic rings. The molecule has 13 heteroatoms. The molecular weight excluding hydrogens is 564 g/mol. The lowest BCUT2D eigenvalue weighted by Crippen LogP contribution is -2.43. The zero-order valence-corrected chi connectivity index (χ0v) is 26.9. The van der Waals surface area contributed by atoms with E-state index in [2.05, 4.69) is 61.3 Å². The Hall–Kier alpha value is -2.29. The van der Waals surface area contributed by atoms with Gasteiger partial charge in [0.2, 0.25) is 8.32 Å². The largest absolute Gasteiger partial charge is 0.543 e.